The maximum absolute atomic E-state index is 12.3. The van der Waals surface area contributed by atoms with E-state index in [-0.39, 0.29) is 0 Å². The molecular weight excluding hydrogens is 756 g/mol. The maximum Gasteiger partial charge on any atom is 0.330 e. The minimum absolute atomic E-state index is 0.519. The van der Waals surface area contributed by atoms with Gasteiger partial charge in [-0.3, -0.25) is 0 Å². The Kier molecular flexibility index (Phi) is 24.2. The van der Waals surface area contributed by atoms with E-state index in [4.69, 9.17) is 47.4 Å². The van der Waals surface area contributed by atoms with Gasteiger partial charge in [-0.1, -0.05) is 52.6 Å². The van der Waals surface area contributed by atoms with Gasteiger partial charge in [-0.2, -0.15) is 0 Å². The molecule has 18 nitrogen and oxygen atoms in total. The third kappa shape index (κ3) is 20.7. The molecule has 0 atom stereocenters. The molecule has 0 aliphatic heterocycles. The third-order valence-corrected chi connectivity index (χ3v) is 7.13. The van der Waals surface area contributed by atoms with Crippen LogP contribution >= 0.6 is 0 Å². The molecule has 0 spiro atoms. The molecule has 0 bridgehead atoms. The van der Waals surface area contributed by atoms with Gasteiger partial charge in [0.25, 0.3) is 0 Å². The first-order valence-electron chi connectivity index (χ1n) is 16.5. The summed E-state index contributed by atoms with van der Waals surface area (Å²) in [6.07, 6.45) is 6.85. The van der Waals surface area contributed by atoms with Crippen LogP contribution in [0.1, 0.15) is 0 Å². The summed E-state index contributed by atoms with van der Waals surface area (Å²) in [5.41, 5.74) is -4.85. The summed E-state index contributed by atoms with van der Waals surface area (Å²) >= 11 is 0. The fourth-order valence-corrected chi connectivity index (χ4v) is 3.98. The van der Waals surface area contributed by atoms with Gasteiger partial charge in [-0.15, -0.1) is 0 Å². The summed E-state index contributed by atoms with van der Waals surface area (Å²) in [5, 5.41) is 0. The number of hydrogen-bond donors (Lipinski definition) is 0. The minimum Gasteiger partial charge on any atom is -0.462 e. The van der Waals surface area contributed by atoms with Crippen molar-refractivity contribution in [1.29, 1.82) is 0 Å². The molecule has 312 valence electrons. The van der Waals surface area contributed by atoms with Gasteiger partial charge < -0.3 is 47.4 Å². The largest absolute Gasteiger partial charge is 0.462 e. The Morgan fingerprint density at radius 1 is 0.263 bits per heavy atom. The first kappa shape index (κ1) is 50.6. The SMILES string of the molecule is C=CC(=O)OCC(COCC(COC(=O)C=C)(COC(=O)C=C)COC(=O)C=C)(COCC(COC(=O)C=C)(COC(=O)C=C)COC(=O)C=C)COC(=O)C=C. The summed E-state index contributed by atoms with van der Waals surface area (Å²) in [6, 6.07) is 0. The molecule has 18 heteroatoms. The lowest BCUT2D eigenvalue weighted by molar-refractivity contribution is -0.172. The van der Waals surface area contributed by atoms with Crippen LogP contribution < -0.4 is 0 Å². The Labute approximate surface area is 330 Å². The number of esters is 8. The zero-order chi connectivity index (χ0) is 43.3. The number of rotatable bonds is 32. The number of carbonyl (C=O) groups excluding carboxylic acids is 8. The molecule has 0 aliphatic carbocycles. The summed E-state index contributed by atoms with van der Waals surface area (Å²) < 4.78 is 54.1. The Balaban J connectivity index is 7.08. The van der Waals surface area contributed by atoms with E-state index < -0.39 is 143 Å². The van der Waals surface area contributed by atoms with E-state index in [0.717, 1.165) is 48.6 Å². The van der Waals surface area contributed by atoms with E-state index in [9.17, 15) is 38.4 Å². The van der Waals surface area contributed by atoms with Crippen LogP contribution in [0.3, 0.4) is 0 Å². The topological polar surface area (TPSA) is 229 Å². The molecule has 0 saturated carbocycles. The Morgan fingerprint density at radius 2 is 0.386 bits per heavy atom. The smallest absolute Gasteiger partial charge is 0.330 e. The summed E-state index contributed by atoms with van der Waals surface area (Å²) in [7, 11) is 0. The van der Waals surface area contributed by atoms with Crippen LogP contribution in [0.4, 0.5) is 0 Å². The van der Waals surface area contributed by atoms with E-state index in [1.807, 2.05) is 0 Å². The van der Waals surface area contributed by atoms with E-state index in [1.165, 1.54) is 0 Å². The van der Waals surface area contributed by atoms with Crippen molar-refractivity contribution in [2.75, 3.05) is 79.3 Å². The zero-order valence-electron chi connectivity index (χ0n) is 31.6. The van der Waals surface area contributed by atoms with Crippen molar-refractivity contribution in [3.8, 4) is 0 Å². The van der Waals surface area contributed by atoms with E-state index in [0.29, 0.717) is 0 Å². The molecule has 0 unspecified atom stereocenters. The average Bonchev–Trinajstić information content (AvgIpc) is 3.23. The molecular formula is C39H48O18. The standard InChI is InChI=1S/C39H48O18/c1-9-29(40)50-21-37(22-51-30(41)10-2,17-48-19-38(23-52-31(42)11-3,24-53-32(43)12-4)25-54-33(44)13-5)18-49-20-39(26-55-34(45)14-6,27-56-35(46)15-7)28-57-36(47)16-8/h9-16H,1-8,17-28H2. The van der Waals surface area contributed by atoms with E-state index in [2.05, 4.69) is 52.6 Å². The predicted octanol–water partition coefficient (Wildman–Crippen LogP) is 1.81. The second-order valence-corrected chi connectivity index (χ2v) is 12.0. The molecule has 0 radical (unpaired) electrons. The summed E-state index contributed by atoms with van der Waals surface area (Å²) in [6.45, 7) is 20.1. The highest BCUT2D eigenvalue weighted by molar-refractivity contribution is 5.84. The number of carbonyl (C=O) groups is 8. The van der Waals surface area contributed by atoms with Gasteiger partial charge in [0.1, 0.15) is 52.9 Å². The van der Waals surface area contributed by atoms with Crippen molar-refractivity contribution in [2.24, 2.45) is 16.2 Å². The Hall–Kier alpha value is -6.40. The minimum atomic E-state index is -1.64. The Bertz CT molecular complexity index is 1290. The molecule has 0 aromatic rings. The lowest BCUT2D eigenvalue weighted by Crippen LogP contribution is -2.48. The van der Waals surface area contributed by atoms with Crippen LogP contribution in [0.2, 0.25) is 0 Å². The zero-order valence-corrected chi connectivity index (χ0v) is 31.6. The molecule has 0 rings (SSSR count). The predicted molar refractivity (Wildman–Crippen MR) is 198 cm³/mol. The monoisotopic (exact) mass is 804 g/mol. The Morgan fingerprint density at radius 3 is 0.509 bits per heavy atom. The van der Waals surface area contributed by atoms with Crippen LogP contribution in [-0.4, -0.2) is 127 Å². The number of ether oxygens (including phenoxy) is 10. The second-order valence-electron chi connectivity index (χ2n) is 12.0. The van der Waals surface area contributed by atoms with Gasteiger partial charge in [0.2, 0.25) is 0 Å². The second kappa shape index (κ2) is 27.2. The molecule has 0 aliphatic rings. The fraction of sp³-hybridized carbons (Fsp3) is 0.385. The molecule has 0 saturated heterocycles. The summed E-state index contributed by atoms with van der Waals surface area (Å²) in [4.78, 5) is 97.1. The van der Waals surface area contributed by atoms with Crippen LogP contribution in [0.15, 0.2) is 101 Å². The van der Waals surface area contributed by atoms with Gasteiger partial charge in [0.15, 0.2) is 0 Å². The van der Waals surface area contributed by atoms with Crippen molar-refractivity contribution < 1.29 is 85.7 Å². The first-order valence-corrected chi connectivity index (χ1v) is 16.5. The van der Waals surface area contributed by atoms with Gasteiger partial charge in [0, 0.05) is 48.6 Å². The third-order valence-electron chi connectivity index (χ3n) is 7.13. The highest BCUT2D eigenvalue weighted by Gasteiger charge is 2.42. The lowest BCUT2D eigenvalue weighted by atomic mass is 9.89. The van der Waals surface area contributed by atoms with Gasteiger partial charge in [0.05, 0.1) is 42.7 Å². The van der Waals surface area contributed by atoms with Crippen LogP contribution in [0.5, 0.6) is 0 Å². The van der Waals surface area contributed by atoms with Crippen LogP contribution in [-0.2, 0) is 85.7 Å². The quantitative estimate of drug-likeness (QED) is 0.0536. The van der Waals surface area contributed by atoms with Crippen molar-refractivity contribution >= 4 is 47.8 Å². The highest BCUT2D eigenvalue weighted by atomic mass is 16.6. The van der Waals surface area contributed by atoms with Gasteiger partial charge >= 0.3 is 47.8 Å². The van der Waals surface area contributed by atoms with E-state index in [1.54, 1.807) is 0 Å². The van der Waals surface area contributed by atoms with E-state index >= 15 is 0 Å². The number of hydrogen-bond acceptors (Lipinski definition) is 18. The molecule has 0 fully saturated rings. The fourth-order valence-electron chi connectivity index (χ4n) is 3.98. The van der Waals surface area contributed by atoms with Crippen molar-refractivity contribution in [2.45, 2.75) is 0 Å². The molecule has 57 heavy (non-hydrogen) atoms. The van der Waals surface area contributed by atoms with Crippen LogP contribution in [0.25, 0.3) is 0 Å². The first-order chi connectivity index (χ1) is 27.1. The lowest BCUT2D eigenvalue weighted by Gasteiger charge is -2.37. The van der Waals surface area contributed by atoms with Gasteiger partial charge in [-0.05, 0) is 0 Å². The average molecular weight is 805 g/mol. The van der Waals surface area contributed by atoms with Crippen molar-refractivity contribution in [3.63, 3.8) is 0 Å². The normalized spacial score (nSPS) is 10.8. The van der Waals surface area contributed by atoms with Crippen molar-refractivity contribution in [3.05, 3.63) is 101 Å². The molecule has 0 amide bonds. The van der Waals surface area contributed by atoms with Crippen LogP contribution in [0, 0.1) is 16.2 Å². The highest BCUT2D eigenvalue weighted by Crippen LogP contribution is 2.28. The molecule has 0 N–H and O–H groups in total. The molecule has 0 aromatic carbocycles. The van der Waals surface area contributed by atoms with Gasteiger partial charge in [-0.25, -0.2) is 38.4 Å². The molecule has 0 heterocycles. The van der Waals surface area contributed by atoms with Crippen molar-refractivity contribution in [1.82, 2.24) is 0 Å². The maximum atomic E-state index is 12.3. The summed E-state index contributed by atoms with van der Waals surface area (Å²) in [5.74, 6) is -7.16. The molecule has 0 aromatic heterocycles.